The van der Waals surface area contributed by atoms with Gasteiger partial charge in [0.15, 0.2) is 0 Å². The lowest BCUT2D eigenvalue weighted by atomic mass is 9.78. The number of piperidine rings is 1. The Labute approximate surface area is 607 Å². The summed E-state index contributed by atoms with van der Waals surface area (Å²) in [5, 5.41) is 7.70. The monoisotopic (exact) mass is 1460 g/mol. The summed E-state index contributed by atoms with van der Waals surface area (Å²) in [7, 11) is 8.78. The number of alkyl halides is 4. The SMILES string of the molecule is CC[C@H](C)[C@@H]1NC(=O)[C@H](CC2CCCC2)N(C)C(=O)C[C@@H](C(=O)N2CCCCC2)N(C)C(=O)[C@H](C(C)C)N(C)C(=O)C2(CCCC2)NC(=O)[C@@H]2CCCN2C(=O)[C@H](CCC2CCC(C(F)(F)F)C(Cl)C2)NC(=O)CN(C)C(=O)[C@H](CC2CCCCC2)N(C)C(=O)[C@@H]2CCN2C(=O)[C@H](C)N(C)C1=O. The molecule has 3 unspecified atom stereocenters. The zero-order valence-electron chi connectivity index (χ0n) is 62.5. The molecule has 3 N–H and O–H groups in total. The predicted molar refractivity (Wildman–Crippen MR) is 377 cm³/mol. The van der Waals surface area contributed by atoms with Gasteiger partial charge in [-0.15, -0.1) is 11.6 Å². The molecule has 4 aliphatic heterocycles. The van der Waals surface area contributed by atoms with Crippen LogP contribution in [0.1, 0.15) is 214 Å². The average molecular weight is 1460 g/mol. The van der Waals surface area contributed by atoms with Crippen LogP contribution in [0.15, 0.2) is 0 Å². The van der Waals surface area contributed by atoms with Gasteiger partial charge < -0.3 is 60.0 Å². The zero-order valence-corrected chi connectivity index (χ0v) is 63.3. The van der Waals surface area contributed by atoms with E-state index < -0.39 is 173 Å². The molecule has 0 bridgehead atoms. The number of carbonyl (C=O) groups is 12. The number of hydrogen-bond acceptors (Lipinski definition) is 12. The van der Waals surface area contributed by atoms with Crippen LogP contribution in [-0.2, 0) is 57.5 Å². The number of carbonyl (C=O) groups excluding carboxylic acids is 12. The fraction of sp³-hybridized carbons (Fsp3) is 0.838. The van der Waals surface area contributed by atoms with Gasteiger partial charge in [0, 0.05) is 73.8 Å². The molecule has 8 rings (SSSR count). The number of fused-ring (bicyclic) bond motifs is 2. The molecule has 0 aromatic rings. The molecule has 574 valence electrons. The lowest BCUT2D eigenvalue weighted by Crippen LogP contribution is -2.65. The predicted octanol–water partition coefficient (Wildman–Crippen LogP) is 6.63. The van der Waals surface area contributed by atoms with Crippen molar-refractivity contribution >= 4 is 82.5 Å². The van der Waals surface area contributed by atoms with E-state index >= 15 is 43.2 Å². The fourth-order valence-electron chi connectivity index (χ4n) is 17.6. The van der Waals surface area contributed by atoms with Crippen molar-refractivity contribution in [2.45, 2.75) is 286 Å². The van der Waals surface area contributed by atoms with E-state index in [4.69, 9.17) is 11.6 Å². The molecule has 4 saturated heterocycles. The molecule has 24 nitrogen and oxygen atoms in total. The van der Waals surface area contributed by atoms with Gasteiger partial charge >= 0.3 is 6.18 Å². The van der Waals surface area contributed by atoms with Gasteiger partial charge in [-0.1, -0.05) is 105 Å². The molecule has 13 atom stereocenters. The van der Waals surface area contributed by atoms with Crippen molar-refractivity contribution in [1.29, 1.82) is 0 Å². The van der Waals surface area contributed by atoms with Crippen molar-refractivity contribution in [2.24, 2.45) is 35.5 Å². The summed E-state index contributed by atoms with van der Waals surface area (Å²) >= 11 is 6.41. The first-order valence-electron chi connectivity index (χ1n) is 38.3. The Morgan fingerprint density at radius 1 is 0.569 bits per heavy atom. The molecule has 0 aromatic carbocycles. The van der Waals surface area contributed by atoms with Crippen molar-refractivity contribution in [3.05, 3.63) is 0 Å². The molecule has 4 heterocycles. The molecule has 1 spiro atoms. The second-order valence-corrected chi connectivity index (χ2v) is 32.4. The minimum atomic E-state index is -4.51. The molecule has 8 aliphatic rings. The van der Waals surface area contributed by atoms with Gasteiger partial charge in [-0.3, -0.25) is 57.5 Å². The highest BCUT2D eigenvalue weighted by atomic mass is 35.5. The van der Waals surface area contributed by atoms with Crippen LogP contribution in [0.25, 0.3) is 0 Å². The van der Waals surface area contributed by atoms with Crippen LogP contribution in [0.4, 0.5) is 13.2 Å². The van der Waals surface area contributed by atoms with Crippen LogP contribution in [0, 0.1) is 35.5 Å². The van der Waals surface area contributed by atoms with E-state index in [1.807, 2.05) is 6.92 Å². The molecule has 4 aliphatic carbocycles. The summed E-state index contributed by atoms with van der Waals surface area (Å²) in [6.45, 7) is 9.13. The van der Waals surface area contributed by atoms with Crippen LogP contribution in [0.2, 0.25) is 0 Å². The Bertz CT molecular complexity index is 3010. The third kappa shape index (κ3) is 19.0. The number of amides is 12. The van der Waals surface area contributed by atoms with Crippen LogP contribution in [0.3, 0.4) is 0 Å². The average Bonchev–Trinajstić information content (AvgIpc) is 1.50. The van der Waals surface area contributed by atoms with E-state index in [9.17, 15) is 27.6 Å². The van der Waals surface area contributed by atoms with Crippen LogP contribution in [-0.4, -0.2) is 261 Å². The summed E-state index contributed by atoms with van der Waals surface area (Å²) in [6, 6.07) is -10.7. The van der Waals surface area contributed by atoms with E-state index in [1.54, 1.807) is 32.6 Å². The molecule has 0 aromatic heterocycles. The minimum absolute atomic E-state index is 0.00278. The third-order valence-electron chi connectivity index (χ3n) is 24.6. The van der Waals surface area contributed by atoms with E-state index in [-0.39, 0.29) is 101 Å². The summed E-state index contributed by atoms with van der Waals surface area (Å²) in [6.07, 6.45) is 8.23. The molecule has 12 amide bonds. The van der Waals surface area contributed by atoms with Gasteiger partial charge in [0.25, 0.3) is 0 Å². The first-order chi connectivity index (χ1) is 48.2. The van der Waals surface area contributed by atoms with Gasteiger partial charge in [0.1, 0.15) is 59.9 Å². The molecule has 4 saturated carbocycles. The highest BCUT2D eigenvalue weighted by Gasteiger charge is 2.53. The van der Waals surface area contributed by atoms with Gasteiger partial charge in [-0.05, 0) is 133 Å². The normalized spacial score (nSPS) is 31.5. The van der Waals surface area contributed by atoms with Crippen molar-refractivity contribution in [2.75, 3.05) is 75.0 Å². The number of halogens is 4. The maximum absolute atomic E-state index is 15.5. The Morgan fingerprint density at radius 3 is 1.75 bits per heavy atom. The Balaban J connectivity index is 1.16. The first kappa shape index (κ1) is 81.4. The number of hydrogen-bond donors (Lipinski definition) is 3. The number of nitrogens with one attached hydrogen (secondary N) is 3. The van der Waals surface area contributed by atoms with Gasteiger partial charge in [-0.25, -0.2) is 0 Å². The second kappa shape index (κ2) is 35.7. The molecular formula is C74H118ClF3N12O12. The maximum atomic E-state index is 15.5. The Kier molecular flexibility index (Phi) is 28.5. The Hall–Kier alpha value is -6.28. The standard InChI is InChI=1S/C74H118ClF3N12O12/c1-12-46(4)61-70(100)83(7)47(5)65(95)90-39-33-55(90)68(98)85(9)57(42-49-24-15-13-16-25-49)67(97)82(6)44-59(91)79-53(32-30-50-29-31-51(52(75)40-50)74(76,77)78)66(96)89-38-23-28-54(89)64(94)81-73(34-19-20-35-73)72(102)87(11)62(45(2)3)71(101)86(10)58(69(99)88-36-21-14-22-37-88)43-60(92)84(8)56(63(93)80-61)41-48-26-17-18-27-48/h45-58,61-62H,12-44H2,1-11H3,(H,79,91)(H,80,93)(H,81,94)/t46-,47-,50?,51?,52?,53-,54-,55-,56-,57-,58-,61-,62-/m0/s1. The first-order valence-corrected chi connectivity index (χ1v) is 38.7. The molecule has 8 fully saturated rings. The number of likely N-dealkylation sites (N-methyl/N-ethyl adjacent to an activating group) is 6. The largest absolute Gasteiger partial charge is 0.393 e. The van der Waals surface area contributed by atoms with E-state index in [1.165, 1.54) is 81.5 Å². The van der Waals surface area contributed by atoms with Crippen molar-refractivity contribution in [3.63, 3.8) is 0 Å². The third-order valence-corrected chi connectivity index (χ3v) is 25.1. The lowest BCUT2D eigenvalue weighted by Gasteiger charge is -2.45. The van der Waals surface area contributed by atoms with Gasteiger partial charge in [-0.2, -0.15) is 13.2 Å². The molecule has 28 heteroatoms. The number of rotatable bonds is 11. The van der Waals surface area contributed by atoms with Crippen LogP contribution >= 0.6 is 11.6 Å². The smallest absolute Gasteiger partial charge is 0.343 e. The minimum Gasteiger partial charge on any atom is -0.343 e. The zero-order chi connectivity index (χ0) is 74.8. The van der Waals surface area contributed by atoms with Crippen molar-refractivity contribution in [3.8, 4) is 0 Å². The maximum Gasteiger partial charge on any atom is 0.393 e. The van der Waals surface area contributed by atoms with Crippen LogP contribution in [0.5, 0.6) is 0 Å². The highest BCUT2D eigenvalue weighted by Crippen LogP contribution is 2.44. The van der Waals surface area contributed by atoms with Gasteiger partial charge in [0.05, 0.1) is 18.9 Å². The summed E-state index contributed by atoms with van der Waals surface area (Å²) in [5.74, 6) is -10.3. The topological polar surface area (TPSA) is 270 Å². The van der Waals surface area contributed by atoms with Crippen LogP contribution < -0.4 is 16.0 Å². The molecular weight excluding hydrogens is 1340 g/mol. The number of nitrogens with zero attached hydrogens (tertiary/aromatic N) is 9. The van der Waals surface area contributed by atoms with Crippen molar-refractivity contribution < 1.29 is 70.7 Å². The molecule has 0 radical (unpaired) electrons. The van der Waals surface area contributed by atoms with E-state index in [0.717, 1.165) is 64.2 Å². The summed E-state index contributed by atoms with van der Waals surface area (Å²) in [4.78, 5) is 193. The van der Waals surface area contributed by atoms with Gasteiger partial charge in [0.2, 0.25) is 70.9 Å². The molecule has 102 heavy (non-hydrogen) atoms. The van der Waals surface area contributed by atoms with E-state index in [2.05, 4.69) is 16.0 Å². The summed E-state index contributed by atoms with van der Waals surface area (Å²) < 4.78 is 42.1. The summed E-state index contributed by atoms with van der Waals surface area (Å²) in [5.41, 5.74) is -1.56. The highest BCUT2D eigenvalue weighted by molar-refractivity contribution is 6.21. The quantitative estimate of drug-likeness (QED) is 0.184. The fourth-order valence-corrected chi connectivity index (χ4v) is 18.1. The second-order valence-electron chi connectivity index (χ2n) is 31.8. The Morgan fingerprint density at radius 2 is 1.17 bits per heavy atom. The number of likely N-dealkylation sites (tertiary alicyclic amines) is 1. The lowest BCUT2D eigenvalue weighted by molar-refractivity contribution is -0.182. The van der Waals surface area contributed by atoms with Crippen molar-refractivity contribution in [1.82, 2.24) is 60.0 Å². The van der Waals surface area contributed by atoms with E-state index in [0.29, 0.717) is 51.6 Å².